The Morgan fingerprint density at radius 2 is 2.00 bits per heavy atom. The number of nitrogen functional groups attached to an aromatic ring is 1. The first kappa shape index (κ1) is 14.8. The third-order valence-electron chi connectivity index (χ3n) is 2.60. The largest absolute Gasteiger partial charge is 0.465 e. The maximum absolute atomic E-state index is 11.5. The molecule has 6 nitrogen and oxygen atoms in total. The molecule has 0 spiro atoms. The molecule has 0 aliphatic carbocycles. The molecule has 1 amide bonds. The van der Waals surface area contributed by atoms with Crippen molar-refractivity contribution in [2.45, 2.75) is 25.8 Å². The minimum atomic E-state index is -0.561. The number of hydrogen-bond acceptors (Lipinski definition) is 5. The average molecular weight is 265 g/mol. The first-order chi connectivity index (χ1) is 8.76. The SMILES string of the molecule is COC(=O)c1cccc(NC(C)(C)CC(N)=O)c1N. The van der Waals surface area contributed by atoms with E-state index in [2.05, 4.69) is 10.1 Å². The zero-order chi connectivity index (χ0) is 14.6. The van der Waals surface area contributed by atoms with Crippen LogP contribution in [0.15, 0.2) is 18.2 Å². The van der Waals surface area contributed by atoms with E-state index in [1.807, 2.05) is 13.8 Å². The number of anilines is 2. The molecule has 0 bridgehead atoms. The Morgan fingerprint density at radius 1 is 1.37 bits per heavy atom. The summed E-state index contributed by atoms with van der Waals surface area (Å²) in [6.07, 6.45) is 0.148. The lowest BCUT2D eigenvalue weighted by Crippen LogP contribution is -2.36. The summed E-state index contributed by atoms with van der Waals surface area (Å²) in [6.45, 7) is 3.64. The summed E-state index contributed by atoms with van der Waals surface area (Å²) in [5, 5.41) is 3.10. The van der Waals surface area contributed by atoms with Gasteiger partial charge in [0.2, 0.25) is 5.91 Å². The van der Waals surface area contributed by atoms with Crippen LogP contribution in [0.4, 0.5) is 11.4 Å². The second kappa shape index (κ2) is 5.60. The van der Waals surface area contributed by atoms with E-state index in [0.717, 1.165) is 0 Å². The zero-order valence-corrected chi connectivity index (χ0v) is 11.3. The van der Waals surface area contributed by atoms with Crippen LogP contribution in [0.25, 0.3) is 0 Å². The van der Waals surface area contributed by atoms with Crippen molar-refractivity contribution in [3.05, 3.63) is 23.8 Å². The van der Waals surface area contributed by atoms with Gasteiger partial charge in [-0.3, -0.25) is 4.79 Å². The molecule has 0 saturated heterocycles. The lowest BCUT2D eigenvalue weighted by Gasteiger charge is -2.27. The van der Waals surface area contributed by atoms with E-state index in [1.165, 1.54) is 7.11 Å². The summed E-state index contributed by atoms with van der Waals surface area (Å²) in [6, 6.07) is 4.99. The van der Waals surface area contributed by atoms with Crippen LogP contribution in [0, 0.1) is 0 Å². The molecule has 0 aliphatic rings. The third-order valence-corrected chi connectivity index (χ3v) is 2.60. The lowest BCUT2D eigenvalue weighted by molar-refractivity contribution is -0.118. The number of carbonyl (C=O) groups excluding carboxylic acids is 2. The van der Waals surface area contributed by atoms with E-state index in [4.69, 9.17) is 11.5 Å². The minimum Gasteiger partial charge on any atom is -0.465 e. The number of ether oxygens (including phenoxy) is 1. The molecule has 0 fully saturated rings. The predicted molar refractivity (Wildman–Crippen MR) is 73.7 cm³/mol. The third kappa shape index (κ3) is 3.87. The maximum Gasteiger partial charge on any atom is 0.340 e. The van der Waals surface area contributed by atoms with Gasteiger partial charge in [0, 0.05) is 12.0 Å². The van der Waals surface area contributed by atoms with Crippen molar-refractivity contribution in [2.24, 2.45) is 5.73 Å². The predicted octanol–water partition coefficient (Wildman–Crippen LogP) is 1.12. The van der Waals surface area contributed by atoms with Gasteiger partial charge < -0.3 is 21.5 Å². The van der Waals surface area contributed by atoms with E-state index >= 15 is 0 Å². The number of benzene rings is 1. The number of para-hydroxylation sites is 1. The number of carbonyl (C=O) groups is 2. The summed E-state index contributed by atoms with van der Waals surface area (Å²) in [4.78, 5) is 22.5. The fourth-order valence-corrected chi connectivity index (χ4v) is 1.81. The Kier molecular flexibility index (Phi) is 4.37. The number of amides is 1. The van der Waals surface area contributed by atoms with Gasteiger partial charge in [-0.1, -0.05) is 6.07 Å². The highest BCUT2D eigenvalue weighted by atomic mass is 16.5. The summed E-state index contributed by atoms with van der Waals surface area (Å²) < 4.78 is 4.65. The van der Waals surface area contributed by atoms with E-state index < -0.39 is 17.4 Å². The highest BCUT2D eigenvalue weighted by Gasteiger charge is 2.22. The standard InChI is InChI=1S/C13H19N3O3/c1-13(2,7-10(14)17)16-9-6-4-5-8(11(9)15)12(18)19-3/h4-6,16H,7,15H2,1-3H3,(H2,14,17). The van der Waals surface area contributed by atoms with Gasteiger partial charge in [0.1, 0.15) is 0 Å². The van der Waals surface area contributed by atoms with Gasteiger partial charge in [-0.15, -0.1) is 0 Å². The first-order valence-corrected chi connectivity index (χ1v) is 5.80. The van der Waals surface area contributed by atoms with E-state index in [9.17, 15) is 9.59 Å². The van der Waals surface area contributed by atoms with Crippen LogP contribution in [0.2, 0.25) is 0 Å². The summed E-state index contributed by atoms with van der Waals surface area (Å²) >= 11 is 0. The van der Waals surface area contributed by atoms with E-state index in [0.29, 0.717) is 5.69 Å². The van der Waals surface area contributed by atoms with Crippen LogP contribution in [0.1, 0.15) is 30.6 Å². The number of methoxy groups -OCH3 is 1. The van der Waals surface area contributed by atoms with Gasteiger partial charge in [-0.2, -0.15) is 0 Å². The molecule has 0 aromatic heterocycles. The van der Waals surface area contributed by atoms with Gasteiger partial charge in [0.25, 0.3) is 0 Å². The second-order valence-corrected chi connectivity index (χ2v) is 4.91. The van der Waals surface area contributed by atoms with Crippen molar-refractivity contribution in [3.63, 3.8) is 0 Å². The molecule has 1 rings (SSSR count). The zero-order valence-electron chi connectivity index (χ0n) is 11.3. The topological polar surface area (TPSA) is 107 Å². The Morgan fingerprint density at radius 3 is 2.53 bits per heavy atom. The van der Waals surface area contributed by atoms with Crippen molar-refractivity contribution < 1.29 is 14.3 Å². The Labute approximate surface area is 112 Å². The summed E-state index contributed by atoms with van der Waals surface area (Å²) in [5.74, 6) is -0.922. The summed E-state index contributed by atoms with van der Waals surface area (Å²) in [7, 11) is 1.29. The molecule has 19 heavy (non-hydrogen) atoms. The fourth-order valence-electron chi connectivity index (χ4n) is 1.81. The van der Waals surface area contributed by atoms with Gasteiger partial charge in [-0.25, -0.2) is 4.79 Å². The number of esters is 1. The van der Waals surface area contributed by atoms with Crippen LogP contribution in [-0.2, 0) is 9.53 Å². The number of rotatable bonds is 5. The van der Waals surface area contributed by atoms with Gasteiger partial charge in [-0.05, 0) is 26.0 Å². The monoisotopic (exact) mass is 265 g/mol. The molecule has 0 heterocycles. The fraction of sp³-hybridized carbons (Fsp3) is 0.385. The highest BCUT2D eigenvalue weighted by molar-refractivity contribution is 5.98. The molecule has 104 valence electrons. The van der Waals surface area contributed by atoms with Crippen LogP contribution in [-0.4, -0.2) is 24.5 Å². The average Bonchev–Trinajstić information content (AvgIpc) is 2.29. The number of nitrogens with one attached hydrogen (secondary N) is 1. The number of primary amides is 1. The number of nitrogens with two attached hydrogens (primary N) is 2. The lowest BCUT2D eigenvalue weighted by atomic mass is 9.99. The van der Waals surface area contributed by atoms with Crippen molar-refractivity contribution in [1.29, 1.82) is 0 Å². The Balaban J connectivity index is 3.02. The molecule has 5 N–H and O–H groups in total. The normalized spacial score (nSPS) is 10.9. The molecule has 6 heteroatoms. The van der Waals surface area contributed by atoms with Crippen LogP contribution >= 0.6 is 0 Å². The van der Waals surface area contributed by atoms with Crippen molar-refractivity contribution in [2.75, 3.05) is 18.2 Å². The van der Waals surface area contributed by atoms with Gasteiger partial charge in [0.15, 0.2) is 0 Å². The molecule has 0 saturated carbocycles. The Bertz CT molecular complexity index is 498. The van der Waals surface area contributed by atoms with E-state index in [-0.39, 0.29) is 17.7 Å². The smallest absolute Gasteiger partial charge is 0.340 e. The molecule has 0 unspecified atom stereocenters. The van der Waals surface area contributed by atoms with Crippen LogP contribution in [0.5, 0.6) is 0 Å². The number of hydrogen-bond donors (Lipinski definition) is 3. The van der Waals surface area contributed by atoms with Crippen LogP contribution in [0.3, 0.4) is 0 Å². The summed E-state index contributed by atoms with van der Waals surface area (Å²) in [5.41, 5.74) is 11.7. The molecule has 0 aliphatic heterocycles. The minimum absolute atomic E-state index is 0.148. The van der Waals surface area contributed by atoms with Gasteiger partial charge >= 0.3 is 5.97 Å². The maximum atomic E-state index is 11.5. The highest BCUT2D eigenvalue weighted by Crippen LogP contribution is 2.27. The second-order valence-electron chi connectivity index (χ2n) is 4.91. The molecule has 1 aromatic carbocycles. The van der Waals surface area contributed by atoms with Crippen molar-refractivity contribution in [3.8, 4) is 0 Å². The molecule has 1 aromatic rings. The van der Waals surface area contributed by atoms with E-state index in [1.54, 1.807) is 18.2 Å². The van der Waals surface area contributed by atoms with Gasteiger partial charge in [0.05, 0.1) is 24.0 Å². The molecule has 0 atom stereocenters. The van der Waals surface area contributed by atoms with Crippen LogP contribution < -0.4 is 16.8 Å². The van der Waals surface area contributed by atoms with Crippen molar-refractivity contribution >= 4 is 23.3 Å². The first-order valence-electron chi connectivity index (χ1n) is 5.80. The molecule has 0 radical (unpaired) electrons. The quantitative estimate of drug-likeness (QED) is 0.546. The molecular formula is C13H19N3O3. The van der Waals surface area contributed by atoms with Crippen molar-refractivity contribution in [1.82, 2.24) is 0 Å². The molecular weight excluding hydrogens is 246 g/mol. The Hall–Kier alpha value is -2.24.